The Labute approximate surface area is 153 Å². The van der Waals surface area contributed by atoms with E-state index >= 15 is 0 Å². The normalized spacial score (nSPS) is 22.3. The van der Waals surface area contributed by atoms with Gasteiger partial charge in [-0.15, -0.1) is 0 Å². The van der Waals surface area contributed by atoms with Gasteiger partial charge >= 0.3 is 0 Å². The van der Waals surface area contributed by atoms with E-state index in [0.717, 1.165) is 50.2 Å². The molecule has 130 valence electrons. The number of aromatic nitrogens is 2. The molecule has 0 saturated carbocycles. The van der Waals surface area contributed by atoms with Crippen LogP contribution in [0.4, 0.5) is 0 Å². The molecule has 1 aromatic carbocycles. The van der Waals surface area contributed by atoms with Crippen LogP contribution >= 0.6 is 11.6 Å². The zero-order chi connectivity index (χ0) is 17.6. The van der Waals surface area contributed by atoms with Crippen LogP contribution in [-0.2, 0) is 11.8 Å². The first kappa shape index (κ1) is 16.5. The lowest BCUT2D eigenvalue weighted by atomic mass is 9.77. The minimum Gasteiger partial charge on any atom is -0.338 e. The van der Waals surface area contributed by atoms with Crippen LogP contribution in [0.2, 0.25) is 5.02 Å². The Morgan fingerprint density at radius 3 is 2.92 bits per heavy atom. The van der Waals surface area contributed by atoms with Gasteiger partial charge < -0.3 is 4.90 Å². The number of likely N-dealkylation sites (tertiary alicyclic amines) is 1. The molecule has 1 atom stereocenters. The summed E-state index contributed by atoms with van der Waals surface area (Å²) in [4.78, 5) is 24.1. The van der Waals surface area contributed by atoms with Gasteiger partial charge in [0.1, 0.15) is 5.82 Å². The average Bonchev–Trinajstić information content (AvgIpc) is 2.94. The number of nitrogens with zero attached hydrogens (tertiary/aromatic N) is 3. The van der Waals surface area contributed by atoms with Gasteiger partial charge in [-0.3, -0.25) is 4.79 Å². The molecule has 2 heterocycles. The topological polar surface area (TPSA) is 46.1 Å². The largest absolute Gasteiger partial charge is 0.338 e. The lowest BCUT2D eigenvalue weighted by Gasteiger charge is -2.40. The van der Waals surface area contributed by atoms with E-state index in [1.165, 1.54) is 11.3 Å². The molecule has 1 aromatic heterocycles. The number of halogens is 1. The third kappa shape index (κ3) is 2.82. The number of hydrogen-bond donors (Lipinski definition) is 0. The summed E-state index contributed by atoms with van der Waals surface area (Å²) in [5.41, 5.74) is 4.07. The second-order valence-corrected chi connectivity index (χ2v) is 7.77. The van der Waals surface area contributed by atoms with Gasteiger partial charge in [0.25, 0.3) is 5.91 Å². The van der Waals surface area contributed by atoms with E-state index in [9.17, 15) is 4.79 Å². The number of amides is 1. The zero-order valence-electron chi connectivity index (χ0n) is 14.7. The molecule has 25 heavy (non-hydrogen) atoms. The molecule has 0 N–H and O–H groups in total. The first-order chi connectivity index (χ1) is 12.0. The van der Waals surface area contributed by atoms with E-state index in [0.29, 0.717) is 10.6 Å². The molecule has 0 radical (unpaired) electrons. The minimum atomic E-state index is -0.00850. The molecular weight excluding hydrogens is 334 g/mol. The number of carbonyl (C=O) groups is 1. The van der Waals surface area contributed by atoms with Gasteiger partial charge in [-0.2, -0.15) is 0 Å². The molecule has 1 spiro atoms. The highest BCUT2D eigenvalue weighted by molar-refractivity contribution is 6.31. The fraction of sp³-hybridized carbons (Fsp3) is 0.450. The summed E-state index contributed by atoms with van der Waals surface area (Å²) < 4.78 is 0. The van der Waals surface area contributed by atoms with Crippen molar-refractivity contribution in [2.24, 2.45) is 0 Å². The number of benzene rings is 1. The van der Waals surface area contributed by atoms with Crippen LogP contribution < -0.4 is 0 Å². The predicted octanol–water partition coefficient (Wildman–Crippen LogP) is 3.87. The molecule has 2 aliphatic rings. The van der Waals surface area contributed by atoms with Crippen molar-refractivity contribution in [3.63, 3.8) is 0 Å². The molecule has 4 nitrogen and oxygen atoms in total. The molecule has 0 bridgehead atoms. The van der Waals surface area contributed by atoms with Crippen molar-refractivity contribution in [3.8, 4) is 0 Å². The second-order valence-electron chi connectivity index (χ2n) is 7.37. The van der Waals surface area contributed by atoms with Crippen molar-refractivity contribution >= 4 is 17.5 Å². The first-order valence-electron chi connectivity index (χ1n) is 8.87. The Bertz CT molecular complexity index is 847. The van der Waals surface area contributed by atoms with Crippen LogP contribution in [0.15, 0.2) is 24.4 Å². The number of hydrogen-bond acceptors (Lipinski definition) is 3. The van der Waals surface area contributed by atoms with E-state index in [1.54, 1.807) is 6.07 Å². The highest BCUT2D eigenvalue weighted by atomic mass is 35.5. The maximum Gasteiger partial charge on any atom is 0.253 e. The maximum atomic E-state index is 13.0. The summed E-state index contributed by atoms with van der Waals surface area (Å²) in [6, 6.07) is 5.58. The summed E-state index contributed by atoms with van der Waals surface area (Å²) in [6.07, 6.45) is 6.13. The standard InChI is InChI=1S/C20H22ClN3O/c1-13-4-5-15(10-17(13)21)19(25)24-9-3-7-20(12-24)8-6-16-11-22-14(2)23-18(16)20/h4-5,10-11H,3,6-9,12H2,1-2H3. The van der Waals surface area contributed by atoms with Gasteiger partial charge in [0.15, 0.2) is 0 Å². The van der Waals surface area contributed by atoms with Gasteiger partial charge in [0.05, 0.1) is 5.69 Å². The van der Waals surface area contributed by atoms with E-state index in [1.807, 2.05) is 37.1 Å². The first-order valence-corrected chi connectivity index (χ1v) is 9.25. The number of aryl methyl sites for hydroxylation is 3. The third-order valence-corrected chi connectivity index (χ3v) is 6.05. The maximum absolute atomic E-state index is 13.0. The predicted molar refractivity (Wildman–Crippen MR) is 98.1 cm³/mol. The lowest BCUT2D eigenvalue weighted by Crippen LogP contribution is -2.48. The SMILES string of the molecule is Cc1ncc2c(n1)C1(CCCN(C(=O)c3ccc(C)c(Cl)c3)C1)CC2. The Kier molecular flexibility index (Phi) is 4.03. The summed E-state index contributed by atoms with van der Waals surface area (Å²) in [6.45, 7) is 5.42. The van der Waals surface area contributed by atoms with Crippen molar-refractivity contribution in [1.29, 1.82) is 0 Å². The van der Waals surface area contributed by atoms with Crippen LogP contribution in [0.5, 0.6) is 0 Å². The smallest absolute Gasteiger partial charge is 0.253 e. The second kappa shape index (κ2) is 6.10. The lowest BCUT2D eigenvalue weighted by molar-refractivity contribution is 0.0633. The molecule has 1 aliphatic carbocycles. The van der Waals surface area contributed by atoms with Crippen LogP contribution in [0.3, 0.4) is 0 Å². The number of fused-ring (bicyclic) bond motifs is 2. The number of piperidine rings is 1. The van der Waals surface area contributed by atoms with E-state index in [-0.39, 0.29) is 11.3 Å². The van der Waals surface area contributed by atoms with Crippen LogP contribution in [0.25, 0.3) is 0 Å². The monoisotopic (exact) mass is 355 g/mol. The summed E-state index contributed by atoms with van der Waals surface area (Å²) in [5.74, 6) is 0.883. The highest BCUT2D eigenvalue weighted by Gasteiger charge is 2.44. The van der Waals surface area contributed by atoms with Gasteiger partial charge in [0, 0.05) is 35.3 Å². The Morgan fingerprint density at radius 2 is 2.12 bits per heavy atom. The molecule has 1 unspecified atom stereocenters. The molecule has 1 saturated heterocycles. The zero-order valence-corrected chi connectivity index (χ0v) is 15.4. The highest BCUT2D eigenvalue weighted by Crippen LogP contribution is 2.44. The molecule has 1 amide bonds. The quantitative estimate of drug-likeness (QED) is 0.780. The van der Waals surface area contributed by atoms with E-state index in [2.05, 4.69) is 4.98 Å². The van der Waals surface area contributed by atoms with Crippen molar-refractivity contribution in [2.45, 2.75) is 44.9 Å². The van der Waals surface area contributed by atoms with Crippen LogP contribution in [-0.4, -0.2) is 33.9 Å². The van der Waals surface area contributed by atoms with E-state index < -0.39 is 0 Å². The van der Waals surface area contributed by atoms with Gasteiger partial charge in [0.2, 0.25) is 0 Å². The molecule has 5 heteroatoms. The Hall–Kier alpha value is -1.94. The average molecular weight is 356 g/mol. The summed E-state index contributed by atoms with van der Waals surface area (Å²) in [7, 11) is 0. The molecule has 4 rings (SSSR count). The summed E-state index contributed by atoms with van der Waals surface area (Å²) >= 11 is 6.21. The summed E-state index contributed by atoms with van der Waals surface area (Å²) in [5, 5.41) is 0.646. The Morgan fingerprint density at radius 1 is 1.28 bits per heavy atom. The number of carbonyl (C=O) groups excluding carboxylic acids is 1. The van der Waals surface area contributed by atoms with Crippen LogP contribution in [0.1, 0.15) is 52.3 Å². The molecular formula is C20H22ClN3O. The Balaban J connectivity index is 1.63. The number of rotatable bonds is 1. The van der Waals surface area contributed by atoms with E-state index in [4.69, 9.17) is 16.6 Å². The van der Waals surface area contributed by atoms with Gasteiger partial charge in [-0.05, 0) is 62.8 Å². The van der Waals surface area contributed by atoms with Crippen LogP contribution in [0, 0.1) is 13.8 Å². The molecule has 1 aliphatic heterocycles. The van der Waals surface area contributed by atoms with Crippen molar-refractivity contribution in [3.05, 3.63) is 57.6 Å². The van der Waals surface area contributed by atoms with Gasteiger partial charge in [-0.25, -0.2) is 9.97 Å². The van der Waals surface area contributed by atoms with Gasteiger partial charge in [-0.1, -0.05) is 17.7 Å². The van der Waals surface area contributed by atoms with Crippen molar-refractivity contribution in [1.82, 2.24) is 14.9 Å². The molecule has 2 aromatic rings. The molecule has 1 fully saturated rings. The fourth-order valence-corrected chi connectivity index (χ4v) is 4.42. The fourth-order valence-electron chi connectivity index (χ4n) is 4.24. The van der Waals surface area contributed by atoms with Crippen molar-refractivity contribution in [2.75, 3.05) is 13.1 Å². The third-order valence-electron chi connectivity index (χ3n) is 5.64. The minimum absolute atomic E-state index is 0.00850. The van der Waals surface area contributed by atoms with Crippen molar-refractivity contribution < 1.29 is 4.79 Å².